The molecule has 4 nitrogen and oxygen atoms in total. The zero-order valence-electron chi connectivity index (χ0n) is 13.4. The lowest BCUT2D eigenvalue weighted by Crippen LogP contribution is -2.31. The standard InChI is InChI=1S/C18H14N2O2S2/c1-9-4-6-12(7-5-9)8-13-16(21)20-17(22)14-10(2)11(3)23-15(14)19-18(20)24-13/h4-8H,1-3H3/b13-8+. The molecule has 0 amide bonds. The van der Waals surface area contributed by atoms with Crippen molar-refractivity contribution in [2.45, 2.75) is 20.8 Å². The van der Waals surface area contributed by atoms with Gasteiger partial charge in [-0.1, -0.05) is 41.2 Å². The fourth-order valence-corrected chi connectivity index (χ4v) is 4.72. The molecule has 120 valence electrons. The summed E-state index contributed by atoms with van der Waals surface area (Å²) < 4.78 is 1.72. The molecule has 1 aromatic carbocycles. The zero-order valence-corrected chi connectivity index (χ0v) is 15.0. The normalized spacial score (nSPS) is 12.5. The fraction of sp³-hybridized carbons (Fsp3) is 0.167. The van der Waals surface area contributed by atoms with E-state index in [0.717, 1.165) is 21.6 Å². The lowest BCUT2D eigenvalue weighted by Gasteiger charge is -1.93. The summed E-state index contributed by atoms with van der Waals surface area (Å²) in [6.45, 7) is 5.89. The highest BCUT2D eigenvalue weighted by molar-refractivity contribution is 7.19. The van der Waals surface area contributed by atoms with Crippen LogP contribution in [0.1, 0.15) is 21.6 Å². The van der Waals surface area contributed by atoms with Crippen LogP contribution in [0.4, 0.5) is 0 Å². The van der Waals surface area contributed by atoms with Crippen molar-refractivity contribution < 1.29 is 0 Å². The molecule has 6 heteroatoms. The average Bonchev–Trinajstić information content (AvgIpc) is 3.00. The molecule has 0 aliphatic rings. The summed E-state index contributed by atoms with van der Waals surface area (Å²) in [6, 6.07) is 7.91. The van der Waals surface area contributed by atoms with Crippen molar-refractivity contribution in [3.63, 3.8) is 0 Å². The van der Waals surface area contributed by atoms with Crippen LogP contribution in [0.15, 0.2) is 33.9 Å². The molecule has 4 aromatic rings. The second kappa shape index (κ2) is 5.36. The SMILES string of the molecule is Cc1ccc(/C=c2/sc3nc4sc(C)c(C)c4c(=O)n3c2=O)cc1. The number of benzene rings is 1. The number of aromatic nitrogens is 2. The summed E-state index contributed by atoms with van der Waals surface area (Å²) in [5, 5.41) is 0.562. The monoisotopic (exact) mass is 354 g/mol. The maximum atomic E-state index is 12.8. The molecule has 0 fully saturated rings. The van der Waals surface area contributed by atoms with Crippen LogP contribution in [0.3, 0.4) is 0 Å². The van der Waals surface area contributed by atoms with Crippen LogP contribution in [0, 0.1) is 20.8 Å². The first kappa shape index (κ1) is 15.2. The van der Waals surface area contributed by atoms with E-state index in [0.29, 0.717) is 19.7 Å². The van der Waals surface area contributed by atoms with Crippen LogP contribution in [0.2, 0.25) is 0 Å². The minimum atomic E-state index is -0.293. The van der Waals surface area contributed by atoms with Crippen molar-refractivity contribution in [2.75, 3.05) is 0 Å². The lowest BCUT2D eigenvalue weighted by molar-refractivity contribution is 1.05. The Morgan fingerprint density at radius 1 is 1.00 bits per heavy atom. The van der Waals surface area contributed by atoms with E-state index in [1.807, 2.05) is 51.1 Å². The van der Waals surface area contributed by atoms with Gasteiger partial charge in [0, 0.05) is 4.88 Å². The van der Waals surface area contributed by atoms with Crippen LogP contribution in [-0.4, -0.2) is 9.38 Å². The Balaban J connectivity index is 2.07. The third kappa shape index (κ3) is 2.22. The van der Waals surface area contributed by atoms with E-state index in [9.17, 15) is 9.59 Å². The van der Waals surface area contributed by atoms with Crippen LogP contribution in [-0.2, 0) is 0 Å². The molecule has 0 unspecified atom stereocenters. The molecular weight excluding hydrogens is 340 g/mol. The van der Waals surface area contributed by atoms with Gasteiger partial charge in [-0.05, 0) is 38.0 Å². The van der Waals surface area contributed by atoms with Gasteiger partial charge in [-0.25, -0.2) is 9.38 Å². The molecule has 0 aliphatic carbocycles. The first-order valence-corrected chi connectivity index (χ1v) is 9.12. The minimum Gasteiger partial charge on any atom is -0.268 e. The summed E-state index contributed by atoms with van der Waals surface area (Å²) in [6.07, 6.45) is 1.81. The number of nitrogens with zero attached hydrogens (tertiary/aromatic N) is 2. The van der Waals surface area contributed by atoms with Gasteiger partial charge in [-0.2, -0.15) is 0 Å². The van der Waals surface area contributed by atoms with E-state index in [4.69, 9.17) is 0 Å². The van der Waals surface area contributed by atoms with Crippen LogP contribution in [0.25, 0.3) is 21.3 Å². The summed E-state index contributed by atoms with van der Waals surface area (Å²) in [5.74, 6) is 0. The van der Waals surface area contributed by atoms with Gasteiger partial charge in [-0.15, -0.1) is 11.3 Å². The van der Waals surface area contributed by atoms with Crippen molar-refractivity contribution >= 4 is 43.9 Å². The van der Waals surface area contributed by atoms with E-state index in [1.54, 1.807) is 0 Å². The van der Waals surface area contributed by atoms with Crippen molar-refractivity contribution in [3.05, 3.63) is 71.1 Å². The van der Waals surface area contributed by atoms with Crippen molar-refractivity contribution in [3.8, 4) is 0 Å². The molecule has 3 aromatic heterocycles. The van der Waals surface area contributed by atoms with Gasteiger partial charge in [-0.3, -0.25) is 9.59 Å². The summed E-state index contributed by atoms with van der Waals surface area (Å²) in [5.41, 5.74) is 2.46. The van der Waals surface area contributed by atoms with Gasteiger partial charge >= 0.3 is 0 Å². The van der Waals surface area contributed by atoms with Crippen molar-refractivity contribution in [1.29, 1.82) is 0 Å². The van der Waals surface area contributed by atoms with Crippen LogP contribution < -0.4 is 15.7 Å². The maximum absolute atomic E-state index is 12.8. The highest BCUT2D eigenvalue weighted by Crippen LogP contribution is 2.26. The Labute approximate surface area is 145 Å². The molecule has 4 rings (SSSR count). The third-order valence-electron chi connectivity index (χ3n) is 4.16. The second-order valence-electron chi connectivity index (χ2n) is 5.82. The minimum absolute atomic E-state index is 0.262. The van der Waals surface area contributed by atoms with E-state index in [-0.39, 0.29) is 11.1 Å². The topological polar surface area (TPSA) is 51.4 Å². The van der Waals surface area contributed by atoms with Gasteiger partial charge in [0.25, 0.3) is 11.1 Å². The van der Waals surface area contributed by atoms with Crippen molar-refractivity contribution in [1.82, 2.24) is 9.38 Å². The van der Waals surface area contributed by atoms with Gasteiger partial charge < -0.3 is 0 Å². The number of hydrogen-bond acceptors (Lipinski definition) is 5. The second-order valence-corrected chi connectivity index (χ2v) is 8.04. The number of thiazole rings is 1. The molecule has 0 saturated carbocycles. The fourth-order valence-electron chi connectivity index (χ4n) is 2.68. The first-order chi connectivity index (χ1) is 11.5. The number of thiophene rings is 1. The Hall–Kier alpha value is -2.31. The average molecular weight is 354 g/mol. The molecule has 0 N–H and O–H groups in total. The predicted molar refractivity (Wildman–Crippen MR) is 100 cm³/mol. The molecular formula is C18H14N2O2S2. The molecule has 3 heterocycles. The molecule has 24 heavy (non-hydrogen) atoms. The number of fused-ring (bicyclic) bond motifs is 2. The van der Waals surface area contributed by atoms with Crippen LogP contribution >= 0.6 is 22.7 Å². The van der Waals surface area contributed by atoms with E-state index < -0.39 is 0 Å². The number of rotatable bonds is 1. The molecule has 0 spiro atoms. The van der Waals surface area contributed by atoms with E-state index >= 15 is 0 Å². The Morgan fingerprint density at radius 3 is 2.42 bits per heavy atom. The molecule has 0 bridgehead atoms. The predicted octanol–water partition coefficient (Wildman–Crippen LogP) is 2.80. The third-order valence-corrected chi connectivity index (χ3v) is 6.23. The smallest absolute Gasteiger partial charge is 0.268 e. The number of aryl methyl sites for hydroxylation is 3. The molecule has 0 aliphatic heterocycles. The highest BCUT2D eigenvalue weighted by atomic mass is 32.1. The van der Waals surface area contributed by atoms with E-state index in [1.165, 1.54) is 27.1 Å². The molecule has 0 saturated heterocycles. The summed E-state index contributed by atoms with van der Waals surface area (Å²) in [7, 11) is 0. The van der Waals surface area contributed by atoms with Crippen LogP contribution in [0.5, 0.6) is 0 Å². The van der Waals surface area contributed by atoms with Gasteiger partial charge in [0.05, 0.1) is 9.92 Å². The summed E-state index contributed by atoms with van der Waals surface area (Å²) in [4.78, 5) is 32.2. The largest absolute Gasteiger partial charge is 0.277 e. The van der Waals surface area contributed by atoms with Crippen molar-refractivity contribution in [2.24, 2.45) is 0 Å². The quantitative estimate of drug-likeness (QED) is 0.528. The van der Waals surface area contributed by atoms with Gasteiger partial charge in [0.2, 0.25) is 4.96 Å². The molecule has 0 radical (unpaired) electrons. The lowest BCUT2D eigenvalue weighted by atomic mass is 10.1. The summed E-state index contributed by atoms with van der Waals surface area (Å²) >= 11 is 2.76. The van der Waals surface area contributed by atoms with Gasteiger partial charge in [0.15, 0.2) is 0 Å². The highest BCUT2D eigenvalue weighted by Gasteiger charge is 2.16. The van der Waals surface area contributed by atoms with E-state index in [2.05, 4.69) is 4.98 Å². The maximum Gasteiger partial charge on any atom is 0.277 e. The Bertz CT molecular complexity index is 1260. The molecule has 0 atom stereocenters. The Morgan fingerprint density at radius 2 is 1.71 bits per heavy atom. The Kier molecular flexibility index (Phi) is 3.40. The number of hydrogen-bond donors (Lipinski definition) is 0. The first-order valence-electron chi connectivity index (χ1n) is 7.49. The van der Waals surface area contributed by atoms with Gasteiger partial charge in [0.1, 0.15) is 4.83 Å². The zero-order chi connectivity index (χ0) is 17.0.